The van der Waals surface area contributed by atoms with Gasteiger partial charge in [-0.1, -0.05) is 15.9 Å². The molecular weight excluding hydrogens is 358 g/mol. The summed E-state index contributed by atoms with van der Waals surface area (Å²) in [5.41, 5.74) is -0.800. The Kier molecular flexibility index (Phi) is 4.97. The molecule has 0 aromatic heterocycles. The standard InChI is InChI=1S/C14H20BrNO4S/c1-14(17)6-3-8-16(9-7-14)21(18,19)13-10-11(15)4-5-12(13)20-2/h4-5,10,17H,3,6-9H2,1-2H3. The first-order chi connectivity index (χ1) is 9.76. The molecule has 0 radical (unpaired) electrons. The van der Waals surface area contributed by atoms with E-state index in [0.717, 1.165) is 0 Å². The first kappa shape index (κ1) is 16.7. The Morgan fingerprint density at radius 2 is 2.05 bits per heavy atom. The molecule has 21 heavy (non-hydrogen) atoms. The fourth-order valence-electron chi connectivity index (χ4n) is 2.47. The van der Waals surface area contributed by atoms with Gasteiger partial charge in [0, 0.05) is 17.6 Å². The minimum absolute atomic E-state index is 0.154. The van der Waals surface area contributed by atoms with E-state index in [4.69, 9.17) is 4.74 Å². The number of benzene rings is 1. The quantitative estimate of drug-likeness (QED) is 0.877. The molecule has 1 aliphatic heterocycles. The minimum atomic E-state index is -3.63. The van der Waals surface area contributed by atoms with Gasteiger partial charge < -0.3 is 9.84 Å². The van der Waals surface area contributed by atoms with Gasteiger partial charge in [-0.3, -0.25) is 0 Å². The summed E-state index contributed by atoms with van der Waals surface area (Å²) in [6.45, 7) is 2.47. The van der Waals surface area contributed by atoms with Gasteiger partial charge in [-0.05, 0) is 44.4 Å². The van der Waals surface area contributed by atoms with Crippen LogP contribution in [0.1, 0.15) is 26.2 Å². The lowest BCUT2D eigenvalue weighted by molar-refractivity contribution is 0.0465. The zero-order chi connectivity index (χ0) is 15.7. The highest BCUT2D eigenvalue weighted by Gasteiger charge is 2.33. The highest BCUT2D eigenvalue weighted by molar-refractivity contribution is 9.10. The highest BCUT2D eigenvalue weighted by Crippen LogP contribution is 2.32. The van der Waals surface area contributed by atoms with E-state index >= 15 is 0 Å². The van der Waals surface area contributed by atoms with E-state index in [-0.39, 0.29) is 4.90 Å². The van der Waals surface area contributed by atoms with Crippen molar-refractivity contribution in [2.24, 2.45) is 0 Å². The van der Waals surface area contributed by atoms with Gasteiger partial charge in [-0.15, -0.1) is 0 Å². The monoisotopic (exact) mass is 377 g/mol. The average molecular weight is 378 g/mol. The fraction of sp³-hybridized carbons (Fsp3) is 0.571. The summed E-state index contributed by atoms with van der Waals surface area (Å²) in [6.07, 6.45) is 1.68. The lowest BCUT2D eigenvalue weighted by atomic mass is 9.98. The lowest BCUT2D eigenvalue weighted by Crippen LogP contribution is -2.33. The van der Waals surface area contributed by atoms with Gasteiger partial charge in [0.1, 0.15) is 10.6 Å². The third-order valence-electron chi connectivity index (χ3n) is 3.77. The van der Waals surface area contributed by atoms with Crippen LogP contribution in [-0.2, 0) is 10.0 Å². The van der Waals surface area contributed by atoms with Gasteiger partial charge in [0.15, 0.2) is 0 Å². The van der Waals surface area contributed by atoms with Crippen molar-refractivity contribution in [3.63, 3.8) is 0 Å². The number of hydrogen-bond acceptors (Lipinski definition) is 4. The van der Waals surface area contributed by atoms with Gasteiger partial charge in [-0.25, -0.2) is 8.42 Å². The van der Waals surface area contributed by atoms with Crippen molar-refractivity contribution < 1.29 is 18.3 Å². The summed E-state index contributed by atoms with van der Waals surface area (Å²) in [7, 11) is -2.18. The maximum atomic E-state index is 12.8. The number of rotatable bonds is 3. The number of nitrogens with zero attached hydrogens (tertiary/aromatic N) is 1. The van der Waals surface area contributed by atoms with Crippen molar-refractivity contribution >= 4 is 26.0 Å². The van der Waals surface area contributed by atoms with E-state index in [1.165, 1.54) is 11.4 Å². The molecule has 1 aromatic carbocycles. The maximum Gasteiger partial charge on any atom is 0.246 e. The Morgan fingerprint density at radius 1 is 1.33 bits per heavy atom. The molecule has 0 aliphatic carbocycles. The Hall–Kier alpha value is -0.630. The summed E-state index contributed by atoms with van der Waals surface area (Å²) in [5.74, 6) is 0.328. The third-order valence-corrected chi connectivity index (χ3v) is 6.18. The largest absolute Gasteiger partial charge is 0.495 e. The van der Waals surface area contributed by atoms with Crippen molar-refractivity contribution in [3.8, 4) is 5.75 Å². The fourth-order valence-corrected chi connectivity index (χ4v) is 4.64. The second-order valence-corrected chi connectivity index (χ2v) is 8.37. The van der Waals surface area contributed by atoms with Crippen LogP contribution in [0.25, 0.3) is 0 Å². The molecule has 1 atom stereocenters. The Balaban J connectivity index is 2.36. The van der Waals surface area contributed by atoms with Gasteiger partial charge in [0.2, 0.25) is 10.0 Å². The number of ether oxygens (including phenoxy) is 1. The molecule has 0 bridgehead atoms. The number of hydrogen-bond donors (Lipinski definition) is 1. The van der Waals surface area contributed by atoms with Crippen molar-refractivity contribution in [3.05, 3.63) is 22.7 Å². The summed E-state index contributed by atoms with van der Waals surface area (Å²) in [5, 5.41) is 10.1. The van der Waals surface area contributed by atoms with Crippen molar-refractivity contribution in [1.82, 2.24) is 4.31 Å². The van der Waals surface area contributed by atoms with Crippen molar-refractivity contribution in [2.45, 2.75) is 36.7 Å². The Bertz CT molecular complexity index is 615. The molecule has 2 rings (SSSR count). The van der Waals surface area contributed by atoms with Gasteiger partial charge >= 0.3 is 0 Å². The second-order valence-electron chi connectivity index (χ2n) is 5.55. The smallest absolute Gasteiger partial charge is 0.246 e. The molecule has 0 saturated carbocycles. The number of aliphatic hydroxyl groups is 1. The van der Waals surface area contributed by atoms with Crippen molar-refractivity contribution in [2.75, 3.05) is 20.2 Å². The van der Waals surface area contributed by atoms with Crippen LogP contribution < -0.4 is 4.74 Å². The second kappa shape index (κ2) is 6.24. The third kappa shape index (κ3) is 3.77. The SMILES string of the molecule is COc1ccc(Br)cc1S(=O)(=O)N1CCCC(C)(O)CC1. The van der Waals surface area contributed by atoms with Gasteiger partial charge in [-0.2, -0.15) is 4.31 Å². The molecule has 0 spiro atoms. The van der Waals surface area contributed by atoms with E-state index in [1.54, 1.807) is 25.1 Å². The number of sulfonamides is 1. The molecule has 1 fully saturated rings. The predicted octanol–water partition coefficient (Wildman–Crippen LogP) is 2.38. The summed E-state index contributed by atoms with van der Waals surface area (Å²) >= 11 is 3.30. The maximum absolute atomic E-state index is 12.8. The van der Waals surface area contributed by atoms with Crippen LogP contribution in [0.5, 0.6) is 5.75 Å². The zero-order valence-electron chi connectivity index (χ0n) is 12.2. The first-order valence-corrected chi connectivity index (χ1v) is 9.06. The Labute approximate surface area is 134 Å². The topological polar surface area (TPSA) is 66.8 Å². The molecule has 0 amide bonds. The molecule has 5 nitrogen and oxygen atoms in total. The van der Waals surface area contributed by atoms with Crippen LogP contribution in [0.4, 0.5) is 0 Å². The minimum Gasteiger partial charge on any atom is -0.495 e. The number of methoxy groups -OCH3 is 1. The molecule has 118 valence electrons. The molecule has 1 aromatic rings. The molecular formula is C14H20BrNO4S. The molecule has 7 heteroatoms. The first-order valence-electron chi connectivity index (χ1n) is 6.82. The van der Waals surface area contributed by atoms with E-state index in [1.807, 2.05) is 0 Å². The van der Waals surface area contributed by atoms with Crippen LogP contribution >= 0.6 is 15.9 Å². The molecule has 1 aliphatic rings. The lowest BCUT2D eigenvalue weighted by Gasteiger charge is -2.23. The molecule has 1 N–H and O–H groups in total. The van der Waals surface area contributed by atoms with E-state index in [9.17, 15) is 13.5 Å². The van der Waals surface area contributed by atoms with E-state index in [2.05, 4.69) is 15.9 Å². The van der Waals surface area contributed by atoms with Crippen LogP contribution in [0.2, 0.25) is 0 Å². The average Bonchev–Trinajstić information content (AvgIpc) is 2.60. The van der Waals surface area contributed by atoms with Crippen LogP contribution in [0.15, 0.2) is 27.6 Å². The molecule has 1 saturated heterocycles. The van der Waals surface area contributed by atoms with Crippen LogP contribution in [0.3, 0.4) is 0 Å². The predicted molar refractivity (Wildman–Crippen MR) is 83.9 cm³/mol. The highest BCUT2D eigenvalue weighted by atomic mass is 79.9. The van der Waals surface area contributed by atoms with Crippen LogP contribution in [-0.4, -0.2) is 43.6 Å². The van der Waals surface area contributed by atoms with E-state index < -0.39 is 15.6 Å². The normalized spacial score (nSPS) is 24.6. The van der Waals surface area contributed by atoms with Gasteiger partial charge in [0.25, 0.3) is 0 Å². The van der Waals surface area contributed by atoms with Gasteiger partial charge in [0.05, 0.1) is 12.7 Å². The molecule has 1 unspecified atom stereocenters. The summed E-state index contributed by atoms with van der Waals surface area (Å²) < 4.78 is 32.9. The summed E-state index contributed by atoms with van der Waals surface area (Å²) in [6, 6.07) is 4.92. The van der Waals surface area contributed by atoms with E-state index in [0.29, 0.717) is 42.6 Å². The number of halogens is 1. The Morgan fingerprint density at radius 3 is 2.71 bits per heavy atom. The van der Waals surface area contributed by atoms with Crippen molar-refractivity contribution in [1.29, 1.82) is 0 Å². The zero-order valence-corrected chi connectivity index (χ0v) is 14.6. The van der Waals surface area contributed by atoms with Crippen LogP contribution in [0, 0.1) is 0 Å². The molecule has 1 heterocycles. The summed E-state index contributed by atoms with van der Waals surface area (Å²) in [4.78, 5) is 0.154.